The lowest BCUT2D eigenvalue weighted by Crippen LogP contribution is -2.12. The van der Waals surface area contributed by atoms with E-state index in [1.807, 2.05) is 0 Å². The summed E-state index contributed by atoms with van der Waals surface area (Å²) in [5, 5.41) is 4.25. The van der Waals surface area contributed by atoms with Gasteiger partial charge in [-0.3, -0.25) is 4.89 Å². The molecule has 0 amide bonds. The van der Waals surface area contributed by atoms with Crippen LogP contribution in [0, 0.1) is 0 Å². The molecule has 0 spiro atoms. The maximum Gasteiger partial charge on any atom is 0.543 e. The normalized spacial score (nSPS) is 10.7. The van der Waals surface area contributed by atoms with Crippen molar-refractivity contribution in [3.05, 3.63) is 29.8 Å². The van der Waals surface area contributed by atoms with E-state index in [4.69, 9.17) is 9.47 Å². The summed E-state index contributed by atoms with van der Waals surface area (Å²) in [4.78, 5) is 32.2. The highest BCUT2D eigenvalue weighted by atomic mass is 17.5. The van der Waals surface area contributed by atoms with Crippen molar-refractivity contribution in [1.82, 2.24) is 0 Å². The van der Waals surface area contributed by atoms with E-state index < -0.39 is 12.1 Å². The number of hydrogen-bond donors (Lipinski definition) is 0. The monoisotopic (exact) mass is 494 g/mol. The fourth-order valence-electron chi connectivity index (χ4n) is 3.65. The Bertz CT molecular complexity index is 645. The highest BCUT2D eigenvalue weighted by molar-refractivity contribution is 5.89. The van der Waals surface area contributed by atoms with Gasteiger partial charge in [0.05, 0.1) is 23.8 Å². The highest BCUT2D eigenvalue weighted by Gasteiger charge is 2.12. The molecule has 0 radical (unpaired) electrons. The molecule has 1 aromatic rings. The Morgan fingerprint density at radius 3 is 1.66 bits per heavy atom. The summed E-state index contributed by atoms with van der Waals surface area (Å²) in [7, 11) is 0. The van der Waals surface area contributed by atoms with Gasteiger partial charge in [0.2, 0.25) is 0 Å². The molecule has 1 aromatic carbocycles. The molecule has 35 heavy (non-hydrogen) atoms. The van der Waals surface area contributed by atoms with Gasteiger partial charge in [0.1, 0.15) is 5.75 Å². The smallest absolute Gasteiger partial charge is 0.494 e. The van der Waals surface area contributed by atoms with E-state index in [2.05, 4.69) is 28.7 Å². The fourth-order valence-corrected chi connectivity index (χ4v) is 3.65. The molecule has 7 nitrogen and oxygen atoms in total. The number of carbonyl (C=O) groups excluding carboxylic acids is 2. The molecule has 0 aliphatic heterocycles. The van der Waals surface area contributed by atoms with Crippen LogP contribution in [0.4, 0.5) is 4.79 Å². The molecule has 0 heterocycles. The van der Waals surface area contributed by atoms with Crippen LogP contribution in [0.25, 0.3) is 0 Å². The maximum atomic E-state index is 11.9. The van der Waals surface area contributed by atoms with E-state index >= 15 is 0 Å². The minimum atomic E-state index is -1.03. The first-order valence-electron chi connectivity index (χ1n) is 13.6. The van der Waals surface area contributed by atoms with Gasteiger partial charge in [-0.1, -0.05) is 104 Å². The van der Waals surface area contributed by atoms with Crippen molar-refractivity contribution in [2.45, 2.75) is 117 Å². The standard InChI is InChI=1S/C28H46O7/c1-3-5-7-9-10-11-12-13-14-15-16-18-24-32-28(30)34-35-33-27(29)25-19-21-26(22-20-25)31-23-17-8-6-4-2/h19-22H,3-18,23-24H2,1-2H3. The predicted molar refractivity (Wildman–Crippen MR) is 136 cm³/mol. The molecule has 0 atom stereocenters. The molecule has 0 aliphatic carbocycles. The Morgan fingerprint density at radius 1 is 0.600 bits per heavy atom. The summed E-state index contributed by atoms with van der Waals surface area (Å²) >= 11 is 0. The van der Waals surface area contributed by atoms with Crippen LogP contribution in [0.1, 0.15) is 127 Å². The summed E-state index contributed by atoms with van der Waals surface area (Å²) in [6.45, 7) is 5.29. The van der Waals surface area contributed by atoms with Crippen LogP contribution in [0.3, 0.4) is 0 Å². The van der Waals surface area contributed by atoms with E-state index in [1.54, 1.807) is 24.3 Å². The molecule has 0 saturated carbocycles. The maximum absolute atomic E-state index is 11.9. The van der Waals surface area contributed by atoms with E-state index in [9.17, 15) is 9.59 Å². The number of ether oxygens (including phenoxy) is 2. The molecule has 0 fully saturated rings. The van der Waals surface area contributed by atoms with Gasteiger partial charge in [-0.15, -0.1) is 0 Å². The quantitative estimate of drug-likeness (QED) is 0.0691. The number of rotatable bonds is 22. The zero-order chi connectivity index (χ0) is 25.4. The molecule has 0 unspecified atom stereocenters. The lowest BCUT2D eigenvalue weighted by atomic mass is 10.1. The summed E-state index contributed by atoms with van der Waals surface area (Å²) in [5.74, 6) is -0.107. The third-order valence-corrected chi connectivity index (χ3v) is 5.79. The summed E-state index contributed by atoms with van der Waals surface area (Å²) in [6, 6.07) is 6.47. The zero-order valence-electron chi connectivity index (χ0n) is 21.9. The third-order valence-electron chi connectivity index (χ3n) is 5.79. The Kier molecular flexibility index (Phi) is 19.5. The largest absolute Gasteiger partial charge is 0.543 e. The Labute approximate surface area is 211 Å². The van der Waals surface area contributed by atoms with Crippen molar-refractivity contribution >= 4 is 12.1 Å². The summed E-state index contributed by atoms with van der Waals surface area (Å²) < 4.78 is 10.5. The lowest BCUT2D eigenvalue weighted by Gasteiger charge is -2.07. The van der Waals surface area contributed by atoms with Crippen LogP contribution in [0.15, 0.2) is 24.3 Å². The van der Waals surface area contributed by atoms with E-state index in [-0.39, 0.29) is 12.2 Å². The van der Waals surface area contributed by atoms with E-state index in [1.165, 1.54) is 70.6 Å². The SMILES string of the molecule is CCCCCCCCCCCCCCOC(=O)OOOC(=O)c1ccc(OCCCCCC)cc1. The average molecular weight is 495 g/mol. The van der Waals surface area contributed by atoms with Crippen LogP contribution in [0.5, 0.6) is 5.75 Å². The molecule has 0 N–H and O–H groups in total. The molecule has 0 bridgehead atoms. The molecule has 0 aliphatic rings. The minimum absolute atomic E-state index is 0.244. The Morgan fingerprint density at radius 2 is 1.09 bits per heavy atom. The van der Waals surface area contributed by atoms with Crippen molar-refractivity contribution in [1.29, 1.82) is 0 Å². The van der Waals surface area contributed by atoms with Crippen molar-refractivity contribution in [2.24, 2.45) is 0 Å². The number of hydrogen-bond acceptors (Lipinski definition) is 7. The van der Waals surface area contributed by atoms with Crippen LogP contribution >= 0.6 is 0 Å². The van der Waals surface area contributed by atoms with Gasteiger partial charge in [0.25, 0.3) is 0 Å². The molecule has 200 valence electrons. The molecule has 0 aromatic heterocycles. The summed E-state index contributed by atoms with van der Waals surface area (Å²) in [6.07, 6.45) is 18.2. The van der Waals surface area contributed by atoms with Crippen LogP contribution in [-0.4, -0.2) is 25.3 Å². The first-order valence-corrected chi connectivity index (χ1v) is 13.6. The van der Waals surface area contributed by atoms with Crippen molar-refractivity contribution < 1.29 is 33.9 Å². The van der Waals surface area contributed by atoms with E-state index in [0.29, 0.717) is 12.4 Å². The van der Waals surface area contributed by atoms with E-state index in [0.717, 1.165) is 32.1 Å². The fraction of sp³-hybridized carbons (Fsp3) is 0.714. The second kappa shape index (κ2) is 22.2. The molecule has 7 heteroatoms. The Balaban J connectivity index is 1.97. The molecule has 0 saturated heterocycles. The van der Waals surface area contributed by atoms with Gasteiger partial charge in [-0.2, -0.15) is 0 Å². The first kappa shape index (κ1) is 30.8. The van der Waals surface area contributed by atoms with Gasteiger partial charge in [0, 0.05) is 0 Å². The van der Waals surface area contributed by atoms with Gasteiger partial charge in [0.15, 0.2) is 0 Å². The number of benzene rings is 1. The second-order valence-electron chi connectivity index (χ2n) is 8.94. The van der Waals surface area contributed by atoms with Crippen LogP contribution in [-0.2, 0) is 19.6 Å². The molecule has 1 rings (SSSR count). The summed E-state index contributed by atoms with van der Waals surface area (Å²) in [5.41, 5.74) is 0.247. The van der Waals surface area contributed by atoms with Crippen molar-refractivity contribution in [3.8, 4) is 5.75 Å². The average Bonchev–Trinajstić information content (AvgIpc) is 2.87. The first-order chi connectivity index (χ1) is 17.2. The van der Waals surface area contributed by atoms with Gasteiger partial charge < -0.3 is 9.47 Å². The second-order valence-corrected chi connectivity index (χ2v) is 8.94. The zero-order valence-corrected chi connectivity index (χ0v) is 21.9. The minimum Gasteiger partial charge on any atom is -0.494 e. The van der Waals surface area contributed by atoms with Gasteiger partial charge in [-0.05, 0) is 37.1 Å². The predicted octanol–water partition coefficient (Wildman–Crippen LogP) is 8.50. The van der Waals surface area contributed by atoms with Gasteiger partial charge >= 0.3 is 12.1 Å². The Hall–Kier alpha value is -2.28. The third kappa shape index (κ3) is 17.8. The topological polar surface area (TPSA) is 80.3 Å². The number of carbonyl (C=O) groups is 2. The van der Waals surface area contributed by atoms with Crippen molar-refractivity contribution in [3.63, 3.8) is 0 Å². The van der Waals surface area contributed by atoms with Crippen LogP contribution in [0.2, 0.25) is 0 Å². The van der Waals surface area contributed by atoms with Crippen LogP contribution < -0.4 is 4.74 Å². The van der Waals surface area contributed by atoms with Gasteiger partial charge in [-0.25, -0.2) is 14.5 Å². The molecular formula is C28H46O7. The highest BCUT2D eigenvalue weighted by Crippen LogP contribution is 2.14. The number of unbranched alkanes of at least 4 members (excludes halogenated alkanes) is 14. The molecular weight excluding hydrogens is 448 g/mol. The van der Waals surface area contributed by atoms with Crippen molar-refractivity contribution in [2.75, 3.05) is 13.2 Å². The lowest BCUT2D eigenvalue weighted by molar-refractivity contribution is -0.452.